The standard InChI is InChI=1S/C10H14O4/c1-9(2)5-6-10(14-9)7(11)3-4-8(12)13-10/h3-4,8,12H,5-6H2,1-2H3/t8-,10-/m0/s1. The van der Waals surface area contributed by atoms with Gasteiger partial charge < -0.3 is 14.6 Å². The van der Waals surface area contributed by atoms with Crippen LogP contribution in [-0.2, 0) is 14.3 Å². The molecule has 2 atom stereocenters. The van der Waals surface area contributed by atoms with Crippen LogP contribution < -0.4 is 0 Å². The Morgan fingerprint density at radius 2 is 2.21 bits per heavy atom. The van der Waals surface area contributed by atoms with Crippen molar-refractivity contribution in [3.63, 3.8) is 0 Å². The lowest BCUT2D eigenvalue weighted by atomic mass is 10.0. The van der Waals surface area contributed by atoms with Crippen molar-refractivity contribution in [1.82, 2.24) is 0 Å². The zero-order chi connectivity index (χ0) is 10.4. The number of aliphatic hydroxyl groups is 1. The summed E-state index contributed by atoms with van der Waals surface area (Å²) < 4.78 is 10.8. The van der Waals surface area contributed by atoms with Crippen molar-refractivity contribution in [1.29, 1.82) is 0 Å². The molecule has 4 nitrogen and oxygen atoms in total. The molecule has 1 saturated heterocycles. The van der Waals surface area contributed by atoms with Crippen LogP contribution in [0.4, 0.5) is 0 Å². The second-order valence-electron chi connectivity index (χ2n) is 4.35. The predicted octanol–water partition coefficient (Wildman–Crippen LogP) is 0.746. The average Bonchev–Trinajstić information content (AvgIpc) is 2.37. The number of rotatable bonds is 0. The van der Waals surface area contributed by atoms with Gasteiger partial charge >= 0.3 is 0 Å². The van der Waals surface area contributed by atoms with E-state index in [0.717, 1.165) is 6.42 Å². The number of carbonyl (C=O) groups is 1. The van der Waals surface area contributed by atoms with E-state index in [1.54, 1.807) is 0 Å². The summed E-state index contributed by atoms with van der Waals surface area (Å²) in [5.74, 6) is -1.45. The topological polar surface area (TPSA) is 55.8 Å². The third-order valence-corrected chi connectivity index (χ3v) is 2.60. The van der Waals surface area contributed by atoms with Gasteiger partial charge in [-0.2, -0.15) is 0 Å². The van der Waals surface area contributed by atoms with Gasteiger partial charge in [0.25, 0.3) is 0 Å². The molecule has 0 bridgehead atoms. The van der Waals surface area contributed by atoms with E-state index in [2.05, 4.69) is 0 Å². The van der Waals surface area contributed by atoms with Gasteiger partial charge in [0.1, 0.15) is 0 Å². The summed E-state index contributed by atoms with van der Waals surface area (Å²) in [6.07, 6.45) is 2.86. The minimum Gasteiger partial charge on any atom is -0.365 e. The van der Waals surface area contributed by atoms with Gasteiger partial charge in [-0.15, -0.1) is 0 Å². The molecule has 0 aromatic rings. The Labute approximate surface area is 82.5 Å². The first kappa shape index (κ1) is 9.83. The minimum absolute atomic E-state index is 0.214. The van der Waals surface area contributed by atoms with Gasteiger partial charge in [-0.25, -0.2) is 0 Å². The highest BCUT2D eigenvalue weighted by atomic mass is 16.8. The summed E-state index contributed by atoms with van der Waals surface area (Å²) in [7, 11) is 0. The molecule has 2 aliphatic heterocycles. The smallest absolute Gasteiger partial charge is 0.236 e. The third kappa shape index (κ3) is 1.49. The highest BCUT2D eigenvalue weighted by Crippen LogP contribution is 2.41. The van der Waals surface area contributed by atoms with Crippen LogP contribution >= 0.6 is 0 Å². The molecule has 2 aliphatic rings. The van der Waals surface area contributed by atoms with Crippen LogP contribution in [0.15, 0.2) is 12.2 Å². The molecular formula is C10H14O4. The molecule has 0 amide bonds. The molecular weight excluding hydrogens is 184 g/mol. The van der Waals surface area contributed by atoms with Gasteiger partial charge in [-0.3, -0.25) is 4.79 Å². The summed E-state index contributed by atoms with van der Waals surface area (Å²) >= 11 is 0. The number of ether oxygens (including phenoxy) is 2. The van der Waals surface area contributed by atoms with Crippen molar-refractivity contribution < 1.29 is 19.4 Å². The van der Waals surface area contributed by atoms with Gasteiger partial charge in [0.05, 0.1) is 5.60 Å². The average molecular weight is 198 g/mol. The van der Waals surface area contributed by atoms with Gasteiger partial charge in [-0.05, 0) is 32.4 Å². The van der Waals surface area contributed by atoms with E-state index in [0.29, 0.717) is 6.42 Å². The quantitative estimate of drug-likeness (QED) is 0.624. The Morgan fingerprint density at radius 1 is 1.50 bits per heavy atom. The molecule has 0 unspecified atom stereocenters. The SMILES string of the molecule is CC1(C)CC[C@]2(O[C@H](O)C=CC2=O)O1. The third-order valence-electron chi connectivity index (χ3n) is 2.60. The van der Waals surface area contributed by atoms with Crippen LogP contribution in [-0.4, -0.2) is 28.6 Å². The lowest BCUT2D eigenvalue weighted by molar-refractivity contribution is -0.276. The van der Waals surface area contributed by atoms with E-state index in [1.165, 1.54) is 12.2 Å². The lowest BCUT2D eigenvalue weighted by Gasteiger charge is -2.32. The molecule has 0 radical (unpaired) electrons. The second-order valence-corrected chi connectivity index (χ2v) is 4.35. The summed E-state index contributed by atoms with van der Waals surface area (Å²) in [5.41, 5.74) is -0.361. The Balaban J connectivity index is 2.25. The molecule has 1 spiro atoms. The Morgan fingerprint density at radius 3 is 2.79 bits per heavy atom. The fourth-order valence-electron chi connectivity index (χ4n) is 1.86. The molecule has 2 rings (SSSR count). The fourth-order valence-corrected chi connectivity index (χ4v) is 1.86. The molecule has 1 fully saturated rings. The lowest BCUT2D eigenvalue weighted by Crippen LogP contribution is -2.47. The second kappa shape index (κ2) is 2.89. The first-order valence-electron chi connectivity index (χ1n) is 4.72. The van der Waals surface area contributed by atoms with Crippen LogP contribution in [0, 0.1) is 0 Å². The molecule has 1 N–H and O–H groups in total. The zero-order valence-corrected chi connectivity index (χ0v) is 8.32. The minimum atomic E-state index is -1.24. The number of carbonyl (C=O) groups excluding carboxylic acids is 1. The summed E-state index contributed by atoms with van der Waals surface area (Å²) in [6.45, 7) is 3.81. The van der Waals surface area contributed by atoms with E-state index in [4.69, 9.17) is 9.47 Å². The first-order chi connectivity index (χ1) is 6.44. The summed E-state index contributed by atoms with van der Waals surface area (Å²) in [4.78, 5) is 11.6. The van der Waals surface area contributed by atoms with Crippen molar-refractivity contribution >= 4 is 5.78 Å². The Hall–Kier alpha value is -0.710. The highest BCUT2D eigenvalue weighted by molar-refractivity contribution is 5.96. The van der Waals surface area contributed by atoms with Crippen molar-refractivity contribution in [2.24, 2.45) is 0 Å². The number of hydrogen-bond donors (Lipinski definition) is 1. The molecule has 4 heteroatoms. The molecule has 2 heterocycles. The van der Waals surface area contributed by atoms with Crippen molar-refractivity contribution in [2.75, 3.05) is 0 Å². The summed E-state index contributed by atoms with van der Waals surface area (Å²) in [6, 6.07) is 0. The van der Waals surface area contributed by atoms with Gasteiger partial charge in [0.2, 0.25) is 11.6 Å². The molecule has 78 valence electrons. The van der Waals surface area contributed by atoms with Gasteiger partial charge in [0, 0.05) is 6.42 Å². The van der Waals surface area contributed by atoms with E-state index in [-0.39, 0.29) is 11.4 Å². The highest BCUT2D eigenvalue weighted by Gasteiger charge is 2.52. The van der Waals surface area contributed by atoms with Crippen LogP contribution in [0.3, 0.4) is 0 Å². The number of ketones is 1. The van der Waals surface area contributed by atoms with Gasteiger partial charge in [-0.1, -0.05) is 0 Å². The monoisotopic (exact) mass is 198 g/mol. The van der Waals surface area contributed by atoms with E-state index in [9.17, 15) is 9.90 Å². The van der Waals surface area contributed by atoms with E-state index in [1.807, 2.05) is 13.8 Å². The van der Waals surface area contributed by atoms with Crippen LogP contribution in [0.1, 0.15) is 26.7 Å². The fraction of sp³-hybridized carbons (Fsp3) is 0.700. The first-order valence-corrected chi connectivity index (χ1v) is 4.72. The largest absolute Gasteiger partial charge is 0.365 e. The summed E-state index contributed by atoms with van der Waals surface area (Å²) in [5, 5.41) is 9.28. The number of hydrogen-bond acceptors (Lipinski definition) is 4. The van der Waals surface area contributed by atoms with Crippen LogP contribution in [0.2, 0.25) is 0 Å². The zero-order valence-electron chi connectivity index (χ0n) is 8.32. The van der Waals surface area contributed by atoms with E-state index < -0.39 is 12.1 Å². The van der Waals surface area contributed by atoms with Crippen LogP contribution in [0.5, 0.6) is 0 Å². The number of aliphatic hydroxyl groups excluding tert-OH is 1. The van der Waals surface area contributed by atoms with Gasteiger partial charge in [0.15, 0.2) is 6.29 Å². The molecule has 0 aromatic heterocycles. The maximum atomic E-state index is 11.6. The predicted molar refractivity (Wildman–Crippen MR) is 48.4 cm³/mol. The maximum absolute atomic E-state index is 11.6. The molecule has 14 heavy (non-hydrogen) atoms. The Kier molecular flexibility index (Phi) is 2.03. The van der Waals surface area contributed by atoms with Crippen molar-refractivity contribution in [3.8, 4) is 0 Å². The Bertz CT molecular complexity index is 294. The van der Waals surface area contributed by atoms with E-state index >= 15 is 0 Å². The molecule has 0 aliphatic carbocycles. The normalized spacial score (nSPS) is 40.8. The molecule has 0 aromatic carbocycles. The van der Waals surface area contributed by atoms with Crippen molar-refractivity contribution in [2.45, 2.75) is 44.4 Å². The van der Waals surface area contributed by atoms with Crippen LogP contribution in [0.25, 0.3) is 0 Å². The maximum Gasteiger partial charge on any atom is 0.236 e. The van der Waals surface area contributed by atoms with Crippen molar-refractivity contribution in [3.05, 3.63) is 12.2 Å². The molecule has 0 saturated carbocycles.